The minimum absolute atomic E-state index is 0.981. The van der Waals surface area contributed by atoms with E-state index in [1.165, 1.54) is 11.1 Å². The average Bonchev–Trinajstić information content (AvgIpc) is 2.39. The van der Waals surface area contributed by atoms with Gasteiger partial charge in [0, 0.05) is 32.7 Å². The summed E-state index contributed by atoms with van der Waals surface area (Å²) >= 11 is 0. The first-order valence-electron chi connectivity index (χ1n) is 6.41. The van der Waals surface area contributed by atoms with Gasteiger partial charge in [0.05, 0.1) is 7.11 Å². The van der Waals surface area contributed by atoms with Crippen molar-refractivity contribution in [1.82, 2.24) is 10.2 Å². The Hall–Kier alpha value is -1.06. The van der Waals surface area contributed by atoms with Gasteiger partial charge in [0.25, 0.3) is 0 Å². The van der Waals surface area contributed by atoms with Crippen LogP contribution in [0.3, 0.4) is 0 Å². The van der Waals surface area contributed by atoms with Gasteiger partial charge in [-0.1, -0.05) is 13.0 Å². The van der Waals surface area contributed by atoms with Crippen molar-refractivity contribution in [2.45, 2.75) is 19.9 Å². The van der Waals surface area contributed by atoms with Crippen LogP contribution in [0, 0.1) is 0 Å². The first-order valence-corrected chi connectivity index (χ1v) is 6.41. The Morgan fingerprint density at radius 3 is 2.53 bits per heavy atom. The SMILES string of the molecule is CCc1cc(CN2CCNCC2)cc(OC)c1. The standard InChI is InChI=1S/C14H22N2O/c1-3-12-8-13(10-14(9-12)17-2)11-16-6-4-15-5-7-16/h8-10,15H,3-7,11H2,1-2H3. The summed E-state index contributed by atoms with van der Waals surface area (Å²) < 4.78 is 5.36. The van der Waals surface area contributed by atoms with Crippen LogP contribution in [0.4, 0.5) is 0 Å². The molecule has 0 aliphatic carbocycles. The fraction of sp³-hybridized carbons (Fsp3) is 0.571. The molecule has 1 heterocycles. The van der Waals surface area contributed by atoms with Gasteiger partial charge in [-0.05, 0) is 29.7 Å². The molecule has 1 saturated heterocycles. The molecule has 1 aliphatic heterocycles. The molecule has 1 aromatic carbocycles. The Balaban J connectivity index is 2.07. The van der Waals surface area contributed by atoms with Crippen molar-refractivity contribution in [2.75, 3.05) is 33.3 Å². The molecule has 94 valence electrons. The highest BCUT2D eigenvalue weighted by atomic mass is 16.5. The van der Waals surface area contributed by atoms with Gasteiger partial charge in [-0.15, -0.1) is 0 Å². The van der Waals surface area contributed by atoms with Crippen LogP contribution in [0.1, 0.15) is 18.1 Å². The normalized spacial score (nSPS) is 17.1. The van der Waals surface area contributed by atoms with E-state index in [0.717, 1.165) is 44.9 Å². The van der Waals surface area contributed by atoms with E-state index in [2.05, 4.69) is 35.3 Å². The Morgan fingerprint density at radius 2 is 1.88 bits per heavy atom. The molecule has 1 fully saturated rings. The van der Waals surface area contributed by atoms with Crippen LogP contribution in [0.2, 0.25) is 0 Å². The third-order valence-corrected chi connectivity index (χ3v) is 3.29. The molecule has 1 aromatic rings. The molecular weight excluding hydrogens is 212 g/mol. The number of aryl methyl sites for hydroxylation is 1. The first-order chi connectivity index (χ1) is 8.31. The van der Waals surface area contributed by atoms with Crippen LogP contribution in [-0.4, -0.2) is 38.2 Å². The molecule has 3 nitrogen and oxygen atoms in total. The van der Waals surface area contributed by atoms with Crippen LogP contribution in [0.5, 0.6) is 5.75 Å². The van der Waals surface area contributed by atoms with Crippen LogP contribution in [0.15, 0.2) is 18.2 Å². The average molecular weight is 234 g/mol. The topological polar surface area (TPSA) is 24.5 Å². The maximum Gasteiger partial charge on any atom is 0.119 e. The van der Waals surface area contributed by atoms with E-state index < -0.39 is 0 Å². The van der Waals surface area contributed by atoms with Gasteiger partial charge < -0.3 is 10.1 Å². The van der Waals surface area contributed by atoms with E-state index in [4.69, 9.17) is 4.74 Å². The number of nitrogens with zero attached hydrogens (tertiary/aromatic N) is 1. The largest absolute Gasteiger partial charge is 0.497 e. The summed E-state index contributed by atoms with van der Waals surface area (Å²) in [6.07, 6.45) is 1.06. The minimum atomic E-state index is 0.981. The zero-order chi connectivity index (χ0) is 12.1. The van der Waals surface area contributed by atoms with E-state index in [0.29, 0.717) is 0 Å². The maximum absolute atomic E-state index is 5.36. The van der Waals surface area contributed by atoms with Crippen molar-refractivity contribution >= 4 is 0 Å². The van der Waals surface area contributed by atoms with Crippen molar-refractivity contribution in [3.8, 4) is 5.75 Å². The summed E-state index contributed by atoms with van der Waals surface area (Å²) in [4.78, 5) is 2.49. The Morgan fingerprint density at radius 1 is 1.18 bits per heavy atom. The van der Waals surface area contributed by atoms with Crippen molar-refractivity contribution in [3.05, 3.63) is 29.3 Å². The number of benzene rings is 1. The Kier molecular flexibility index (Phi) is 4.40. The maximum atomic E-state index is 5.36. The molecule has 3 heteroatoms. The van der Waals surface area contributed by atoms with Gasteiger partial charge in [-0.25, -0.2) is 0 Å². The quantitative estimate of drug-likeness (QED) is 0.857. The van der Waals surface area contributed by atoms with Gasteiger partial charge in [-0.2, -0.15) is 0 Å². The molecule has 0 radical (unpaired) electrons. The molecule has 2 rings (SSSR count). The highest BCUT2D eigenvalue weighted by Gasteiger charge is 2.10. The fourth-order valence-electron chi connectivity index (χ4n) is 2.27. The second kappa shape index (κ2) is 6.03. The Bertz CT molecular complexity index is 337. The fourth-order valence-corrected chi connectivity index (χ4v) is 2.27. The van der Waals surface area contributed by atoms with Gasteiger partial charge in [0.1, 0.15) is 5.75 Å². The highest BCUT2D eigenvalue weighted by Crippen LogP contribution is 2.19. The summed E-state index contributed by atoms with van der Waals surface area (Å²) in [5.74, 6) is 0.981. The van der Waals surface area contributed by atoms with Crippen molar-refractivity contribution < 1.29 is 4.74 Å². The minimum Gasteiger partial charge on any atom is -0.497 e. The van der Waals surface area contributed by atoms with E-state index in [-0.39, 0.29) is 0 Å². The van der Waals surface area contributed by atoms with Gasteiger partial charge in [0.15, 0.2) is 0 Å². The molecule has 1 N–H and O–H groups in total. The summed E-state index contributed by atoms with van der Waals surface area (Å²) in [5.41, 5.74) is 2.72. The van der Waals surface area contributed by atoms with Crippen LogP contribution in [-0.2, 0) is 13.0 Å². The predicted octanol–water partition coefficient (Wildman–Crippen LogP) is 1.66. The first kappa shape index (κ1) is 12.4. The van der Waals surface area contributed by atoms with E-state index in [9.17, 15) is 0 Å². The number of nitrogens with one attached hydrogen (secondary N) is 1. The third kappa shape index (κ3) is 3.45. The van der Waals surface area contributed by atoms with Crippen LogP contribution >= 0.6 is 0 Å². The zero-order valence-electron chi connectivity index (χ0n) is 10.8. The summed E-state index contributed by atoms with van der Waals surface area (Å²) in [7, 11) is 1.74. The van der Waals surface area contributed by atoms with Gasteiger partial charge in [-0.3, -0.25) is 4.90 Å². The molecule has 17 heavy (non-hydrogen) atoms. The molecule has 0 spiro atoms. The molecule has 1 aliphatic rings. The lowest BCUT2D eigenvalue weighted by atomic mass is 10.1. The highest BCUT2D eigenvalue weighted by molar-refractivity contribution is 5.34. The lowest BCUT2D eigenvalue weighted by Gasteiger charge is -2.27. The number of hydrogen-bond acceptors (Lipinski definition) is 3. The van der Waals surface area contributed by atoms with E-state index >= 15 is 0 Å². The van der Waals surface area contributed by atoms with E-state index in [1.807, 2.05) is 0 Å². The van der Waals surface area contributed by atoms with Crippen LogP contribution in [0.25, 0.3) is 0 Å². The van der Waals surface area contributed by atoms with Crippen molar-refractivity contribution in [2.24, 2.45) is 0 Å². The summed E-state index contributed by atoms with van der Waals surface area (Å²) in [6, 6.07) is 6.58. The second-order valence-electron chi connectivity index (χ2n) is 4.57. The summed E-state index contributed by atoms with van der Waals surface area (Å²) in [6.45, 7) is 7.70. The number of ether oxygens (including phenoxy) is 1. The smallest absolute Gasteiger partial charge is 0.119 e. The van der Waals surface area contributed by atoms with Crippen molar-refractivity contribution in [3.63, 3.8) is 0 Å². The van der Waals surface area contributed by atoms with Crippen LogP contribution < -0.4 is 10.1 Å². The predicted molar refractivity (Wildman–Crippen MR) is 70.5 cm³/mol. The van der Waals surface area contributed by atoms with E-state index in [1.54, 1.807) is 7.11 Å². The summed E-state index contributed by atoms with van der Waals surface area (Å²) in [5, 5.41) is 3.38. The number of hydrogen-bond donors (Lipinski definition) is 1. The molecule has 0 unspecified atom stereocenters. The Labute approximate surface area is 104 Å². The number of piperazine rings is 1. The van der Waals surface area contributed by atoms with Crippen molar-refractivity contribution in [1.29, 1.82) is 0 Å². The lowest BCUT2D eigenvalue weighted by Crippen LogP contribution is -2.42. The van der Waals surface area contributed by atoms with Gasteiger partial charge >= 0.3 is 0 Å². The molecular formula is C14H22N2O. The molecule has 0 amide bonds. The number of rotatable bonds is 4. The lowest BCUT2D eigenvalue weighted by molar-refractivity contribution is 0.233. The molecule has 0 atom stereocenters. The molecule has 0 aromatic heterocycles. The molecule has 0 bridgehead atoms. The molecule has 0 saturated carbocycles. The van der Waals surface area contributed by atoms with Gasteiger partial charge in [0.2, 0.25) is 0 Å². The second-order valence-corrected chi connectivity index (χ2v) is 4.57. The number of methoxy groups -OCH3 is 1. The monoisotopic (exact) mass is 234 g/mol. The third-order valence-electron chi connectivity index (χ3n) is 3.29. The zero-order valence-corrected chi connectivity index (χ0v) is 10.8.